The lowest BCUT2D eigenvalue weighted by Gasteiger charge is -2.34. The predicted octanol–water partition coefficient (Wildman–Crippen LogP) is 4.47. The van der Waals surface area contributed by atoms with Gasteiger partial charge in [-0.05, 0) is 54.4 Å². The Hall–Kier alpha value is -3.78. The minimum atomic E-state index is -0.301. The molecule has 0 saturated carbocycles. The number of amides is 2. The monoisotopic (exact) mass is 458 g/mol. The molecule has 5 rings (SSSR count). The summed E-state index contributed by atoms with van der Waals surface area (Å²) >= 11 is 0. The van der Waals surface area contributed by atoms with Crippen molar-refractivity contribution in [3.63, 3.8) is 0 Å². The molecule has 1 aliphatic heterocycles. The van der Waals surface area contributed by atoms with Crippen LogP contribution in [0.3, 0.4) is 0 Å². The Morgan fingerprint density at radius 3 is 2.56 bits per heavy atom. The molecule has 0 aliphatic carbocycles. The van der Waals surface area contributed by atoms with Crippen LogP contribution in [0.15, 0.2) is 66.9 Å². The highest BCUT2D eigenvalue weighted by Gasteiger charge is 2.23. The van der Waals surface area contributed by atoms with E-state index in [4.69, 9.17) is 4.98 Å². The second kappa shape index (κ2) is 9.61. The Morgan fingerprint density at radius 2 is 1.82 bits per heavy atom. The molecule has 174 valence electrons. The molecular weight excluding hydrogens is 431 g/mol. The zero-order chi connectivity index (χ0) is 23.5. The van der Waals surface area contributed by atoms with Gasteiger partial charge in [0.15, 0.2) is 5.65 Å². The summed E-state index contributed by atoms with van der Waals surface area (Å²) in [5, 5.41) is 2.99. The summed E-state index contributed by atoms with van der Waals surface area (Å²) in [4.78, 5) is 26.1. The number of aryl methyl sites for hydroxylation is 1. The van der Waals surface area contributed by atoms with E-state index in [9.17, 15) is 9.18 Å². The molecule has 2 aromatic carbocycles. The summed E-state index contributed by atoms with van der Waals surface area (Å²) in [6.07, 6.45) is 2.69. The SMILES string of the molecule is CCc1ccc(NC(=O)N2CCN(Cc3nc4cccnc4n3-c3cccc(F)c3)CC2)cc1. The number of hydrogen-bond acceptors (Lipinski definition) is 4. The Bertz CT molecular complexity index is 1290. The smallest absolute Gasteiger partial charge is 0.321 e. The number of benzene rings is 2. The van der Waals surface area contributed by atoms with Gasteiger partial charge in [-0.2, -0.15) is 0 Å². The van der Waals surface area contributed by atoms with Gasteiger partial charge in [-0.1, -0.05) is 25.1 Å². The summed E-state index contributed by atoms with van der Waals surface area (Å²) < 4.78 is 15.9. The largest absolute Gasteiger partial charge is 0.322 e. The zero-order valence-corrected chi connectivity index (χ0v) is 19.1. The predicted molar refractivity (Wildman–Crippen MR) is 131 cm³/mol. The number of piperazine rings is 1. The van der Waals surface area contributed by atoms with E-state index in [0.29, 0.717) is 31.0 Å². The Kier molecular flexibility index (Phi) is 6.22. The van der Waals surface area contributed by atoms with Gasteiger partial charge < -0.3 is 10.2 Å². The topological polar surface area (TPSA) is 66.3 Å². The van der Waals surface area contributed by atoms with Gasteiger partial charge in [0.05, 0.1) is 12.2 Å². The minimum absolute atomic E-state index is 0.0832. The molecule has 0 atom stereocenters. The van der Waals surface area contributed by atoms with Gasteiger partial charge in [-0.15, -0.1) is 0 Å². The van der Waals surface area contributed by atoms with E-state index in [1.165, 1.54) is 17.7 Å². The third kappa shape index (κ3) is 4.63. The highest BCUT2D eigenvalue weighted by molar-refractivity contribution is 5.89. The average molecular weight is 459 g/mol. The highest BCUT2D eigenvalue weighted by atomic mass is 19.1. The van der Waals surface area contributed by atoms with Gasteiger partial charge in [0.2, 0.25) is 0 Å². The molecule has 1 saturated heterocycles. The first-order valence-electron chi connectivity index (χ1n) is 11.6. The molecule has 2 amide bonds. The van der Waals surface area contributed by atoms with Gasteiger partial charge in [-0.25, -0.2) is 19.2 Å². The number of nitrogens with one attached hydrogen (secondary N) is 1. The maximum atomic E-state index is 14.0. The second-order valence-corrected chi connectivity index (χ2v) is 8.43. The fourth-order valence-corrected chi connectivity index (χ4v) is 4.29. The molecule has 0 unspecified atom stereocenters. The number of halogens is 1. The van der Waals surface area contributed by atoms with Crippen molar-refractivity contribution in [2.45, 2.75) is 19.9 Å². The van der Waals surface area contributed by atoms with E-state index in [1.807, 2.05) is 51.9 Å². The van der Waals surface area contributed by atoms with Crippen LogP contribution in [-0.4, -0.2) is 56.5 Å². The normalized spacial score (nSPS) is 14.5. The van der Waals surface area contributed by atoms with Crippen molar-refractivity contribution in [3.8, 4) is 5.69 Å². The zero-order valence-electron chi connectivity index (χ0n) is 19.1. The molecule has 4 aromatic rings. The van der Waals surface area contributed by atoms with Crippen molar-refractivity contribution in [3.05, 3.63) is 84.1 Å². The molecule has 0 bridgehead atoms. The highest BCUT2D eigenvalue weighted by Crippen LogP contribution is 2.22. The van der Waals surface area contributed by atoms with Gasteiger partial charge in [0.1, 0.15) is 17.2 Å². The van der Waals surface area contributed by atoms with Crippen LogP contribution in [0.4, 0.5) is 14.9 Å². The van der Waals surface area contributed by atoms with Crippen molar-refractivity contribution in [1.82, 2.24) is 24.3 Å². The molecule has 0 spiro atoms. The lowest BCUT2D eigenvalue weighted by molar-refractivity contribution is 0.140. The van der Waals surface area contributed by atoms with Crippen LogP contribution >= 0.6 is 0 Å². The van der Waals surface area contributed by atoms with Gasteiger partial charge in [0, 0.05) is 38.1 Å². The first-order chi connectivity index (χ1) is 16.6. The van der Waals surface area contributed by atoms with E-state index in [0.717, 1.165) is 36.5 Å². The lowest BCUT2D eigenvalue weighted by Crippen LogP contribution is -2.49. The molecule has 2 aromatic heterocycles. The molecule has 34 heavy (non-hydrogen) atoms. The van der Waals surface area contributed by atoms with E-state index in [-0.39, 0.29) is 11.8 Å². The van der Waals surface area contributed by atoms with Crippen molar-refractivity contribution < 1.29 is 9.18 Å². The number of rotatable bonds is 5. The number of aromatic nitrogens is 3. The van der Waals surface area contributed by atoms with E-state index in [2.05, 4.69) is 22.1 Å². The van der Waals surface area contributed by atoms with Crippen LogP contribution in [0.1, 0.15) is 18.3 Å². The fourth-order valence-electron chi connectivity index (χ4n) is 4.29. The molecule has 3 heterocycles. The fraction of sp³-hybridized carbons (Fsp3) is 0.269. The molecule has 1 N–H and O–H groups in total. The Balaban J connectivity index is 1.27. The molecule has 1 aliphatic rings. The number of anilines is 1. The summed E-state index contributed by atoms with van der Waals surface area (Å²) in [5.41, 5.74) is 4.22. The maximum absolute atomic E-state index is 14.0. The number of fused-ring (bicyclic) bond motifs is 1. The van der Waals surface area contributed by atoms with Crippen LogP contribution < -0.4 is 5.32 Å². The van der Waals surface area contributed by atoms with Gasteiger partial charge >= 0.3 is 6.03 Å². The number of pyridine rings is 1. The Morgan fingerprint density at radius 1 is 1.03 bits per heavy atom. The van der Waals surface area contributed by atoms with Crippen molar-refractivity contribution in [2.24, 2.45) is 0 Å². The first kappa shape index (κ1) is 22.0. The number of nitrogens with zero attached hydrogens (tertiary/aromatic N) is 5. The van der Waals surface area contributed by atoms with Gasteiger partial charge in [-0.3, -0.25) is 9.47 Å². The quantitative estimate of drug-likeness (QED) is 0.479. The van der Waals surface area contributed by atoms with Crippen LogP contribution in [-0.2, 0) is 13.0 Å². The molecular formula is C26H27FN6O. The average Bonchev–Trinajstić information content (AvgIpc) is 3.22. The van der Waals surface area contributed by atoms with Crippen molar-refractivity contribution in [2.75, 3.05) is 31.5 Å². The Labute approximate surface area is 197 Å². The number of hydrogen-bond donors (Lipinski definition) is 1. The number of imidazole rings is 1. The number of carbonyl (C=O) groups is 1. The van der Waals surface area contributed by atoms with E-state index < -0.39 is 0 Å². The number of carbonyl (C=O) groups excluding carboxylic acids is 1. The van der Waals surface area contributed by atoms with Crippen LogP contribution in [0.25, 0.3) is 16.9 Å². The van der Waals surface area contributed by atoms with Gasteiger partial charge in [0.25, 0.3) is 0 Å². The third-order valence-corrected chi connectivity index (χ3v) is 6.19. The van der Waals surface area contributed by atoms with Crippen molar-refractivity contribution in [1.29, 1.82) is 0 Å². The summed E-state index contributed by atoms with van der Waals surface area (Å²) in [6, 6.07) is 18.1. The van der Waals surface area contributed by atoms with E-state index >= 15 is 0 Å². The molecule has 1 fully saturated rings. The summed E-state index contributed by atoms with van der Waals surface area (Å²) in [6.45, 7) is 5.39. The van der Waals surface area contributed by atoms with Crippen molar-refractivity contribution >= 4 is 22.9 Å². The molecule has 0 radical (unpaired) electrons. The minimum Gasteiger partial charge on any atom is -0.322 e. The van der Waals surface area contributed by atoms with Crippen LogP contribution in [0.5, 0.6) is 0 Å². The standard InChI is InChI=1S/C26H27FN6O/c1-2-19-8-10-21(11-9-19)29-26(34)32-15-13-31(14-16-32)18-24-30-23-7-4-12-28-25(23)33(24)22-6-3-5-20(27)17-22/h3-12,17H,2,13-16,18H2,1H3,(H,29,34). The second-order valence-electron chi connectivity index (χ2n) is 8.43. The van der Waals surface area contributed by atoms with Crippen LogP contribution in [0, 0.1) is 5.82 Å². The maximum Gasteiger partial charge on any atom is 0.321 e. The lowest BCUT2D eigenvalue weighted by atomic mass is 10.1. The molecule has 7 nitrogen and oxygen atoms in total. The van der Waals surface area contributed by atoms with E-state index in [1.54, 1.807) is 12.3 Å². The summed E-state index contributed by atoms with van der Waals surface area (Å²) in [5.74, 6) is 0.499. The molecule has 8 heteroatoms. The van der Waals surface area contributed by atoms with Crippen LogP contribution in [0.2, 0.25) is 0 Å². The first-order valence-corrected chi connectivity index (χ1v) is 11.6. The third-order valence-electron chi connectivity index (χ3n) is 6.19. The number of urea groups is 1. The summed E-state index contributed by atoms with van der Waals surface area (Å²) in [7, 11) is 0.